The van der Waals surface area contributed by atoms with Crippen LogP contribution in [0.1, 0.15) is 16.7 Å². The average Bonchev–Trinajstić information content (AvgIpc) is 3.19. The topological polar surface area (TPSA) is 55.6 Å². The molecule has 166 valence electrons. The highest BCUT2D eigenvalue weighted by molar-refractivity contribution is 7.07. The van der Waals surface area contributed by atoms with Gasteiger partial charge in [0.2, 0.25) is 0 Å². The van der Waals surface area contributed by atoms with Crippen LogP contribution in [0, 0.1) is 19.7 Å². The minimum absolute atomic E-state index is 0.0220. The number of aromatic nitrogens is 1. The quantitative estimate of drug-likeness (QED) is 0.433. The number of halogens is 1. The maximum atomic E-state index is 13.5. The highest BCUT2D eigenvalue weighted by Crippen LogP contribution is 2.33. The molecule has 1 aliphatic heterocycles. The zero-order chi connectivity index (χ0) is 22.9. The number of carbonyl (C=O) groups is 1. The Morgan fingerprint density at radius 2 is 1.85 bits per heavy atom. The normalized spacial score (nSPS) is 13.4. The Labute approximate surface area is 194 Å². The predicted molar refractivity (Wildman–Crippen MR) is 129 cm³/mol. The zero-order valence-electron chi connectivity index (χ0n) is 18.3. The van der Waals surface area contributed by atoms with E-state index in [9.17, 15) is 9.18 Å². The minimum atomic E-state index is -0.264. The molecule has 3 aromatic carbocycles. The van der Waals surface area contributed by atoms with Crippen LogP contribution in [0.25, 0.3) is 11.3 Å². The molecular weight excluding hydrogens is 437 g/mol. The van der Waals surface area contributed by atoms with Crippen LogP contribution >= 0.6 is 11.3 Å². The number of nitrogens with one attached hydrogen (secondary N) is 1. The lowest BCUT2D eigenvalue weighted by molar-refractivity contribution is -0.118. The summed E-state index contributed by atoms with van der Waals surface area (Å²) in [5.41, 5.74) is 6.66. The second-order valence-corrected chi connectivity index (χ2v) is 8.85. The molecule has 1 aliphatic rings. The third-order valence-electron chi connectivity index (χ3n) is 5.61. The maximum absolute atomic E-state index is 13.5. The molecular formula is C26H22FN3O2S. The first kappa shape index (κ1) is 21.2. The van der Waals surface area contributed by atoms with Crippen LogP contribution in [0.4, 0.5) is 15.8 Å². The second kappa shape index (κ2) is 8.67. The molecule has 1 N–H and O–H groups in total. The van der Waals surface area contributed by atoms with Crippen LogP contribution < -0.4 is 14.9 Å². The molecule has 1 amide bonds. The van der Waals surface area contributed by atoms with Gasteiger partial charge in [-0.25, -0.2) is 9.38 Å². The molecule has 1 aromatic heterocycles. The van der Waals surface area contributed by atoms with Crippen molar-refractivity contribution in [2.75, 3.05) is 11.9 Å². The van der Waals surface area contributed by atoms with Crippen molar-refractivity contribution in [3.63, 3.8) is 0 Å². The van der Waals surface area contributed by atoms with Crippen LogP contribution in [0.15, 0.2) is 71.0 Å². The molecule has 33 heavy (non-hydrogen) atoms. The van der Waals surface area contributed by atoms with Gasteiger partial charge in [-0.2, -0.15) is 0 Å². The first-order valence-corrected chi connectivity index (χ1v) is 11.5. The van der Waals surface area contributed by atoms with Gasteiger partial charge in [-0.05, 0) is 60.9 Å². The first-order chi connectivity index (χ1) is 16.0. The fourth-order valence-corrected chi connectivity index (χ4v) is 4.81. The number of nitrogens with zero attached hydrogens (tertiary/aromatic N) is 2. The Morgan fingerprint density at radius 1 is 1.09 bits per heavy atom. The molecule has 2 heterocycles. The number of fused-ring (bicyclic) bond motifs is 1. The van der Waals surface area contributed by atoms with Crippen molar-refractivity contribution < 1.29 is 13.9 Å². The molecule has 0 atom stereocenters. The summed E-state index contributed by atoms with van der Waals surface area (Å²) >= 11 is 1.55. The number of amides is 1. The van der Waals surface area contributed by atoms with Crippen molar-refractivity contribution in [2.45, 2.75) is 20.4 Å². The molecule has 7 heteroatoms. The standard InChI is InChI=1S/C26H22FN3O2S/c1-16-4-3-5-17(2)25(16)29-26-30(13-18-6-9-20(27)10-7-18)22(15-33-26)19-8-11-23-21(12-19)28-24(31)14-32-23/h3-12,15H,13-14H2,1-2H3,(H,28,31). The van der Waals surface area contributed by atoms with Gasteiger partial charge in [0.15, 0.2) is 11.4 Å². The van der Waals surface area contributed by atoms with Gasteiger partial charge in [0.05, 0.1) is 23.6 Å². The molecule has 0 fully saturated rings. The zero-order valence-corrected chi connectivity index (χ0v) is 19.1. The highest BCUT2D eigenvalue weighted by atomic mass is 32.1. The number of thiazole rings is 1. The van der Waals surface area contributed by atoms with E-state index in [-0.39, 0.29) is 18.3 Å². The van der Waals surface area contributed by atoms with E-state index in [1.807, 2.05) is 24.3 Å². The molecule has 0 unspecified atom stereocenters. The number of aryl methyl sites for hydroxylation is 2. The number of hydrogen-bond acceptors (Lipinski definition) is 4. The lowest BCUT2D eigenvalue weighted by Crippen LogP contribution is -2.25. The van der Waals surface area contributed by atoms with Gasteiger partial charge in [0, 0.05) is 10.9 Å². The van der Waals surface area contributed by atoms with Gasteiger partial charge < -0.3 is 14.6 Å². The third-order valence-corrected chi connectivity index (χ3v) is 6.47. The molecule has 0 saturated carbocycles. The number of anilines is 1. The number of hydrogen-bond donors (Lipinski definition) is 1. The summed E-state index contributed by atoms with van der Waals surface area (Å²) in [5, 5.41) is 4.93. The lowest BCUT2D eigenvalue weighted by Gasteiger charge is -2.19. The van der Waals surface area contributed by atoms with E-state index < -0.39 is 0 Å². The summed E-state index contributed by atoms with van der Waals surface area (Å²) in [6.45, 7) is 4.66. The second-order valence-electron chi connectivity index (χ2n) is 8.02. The van der Waals surface area contributed by atoms with Crippen molar-refractivity contribution in [2.24, 2.45) is 4.99 Å². The van der Waals surface area contributed by atoms with E-state index in [1.54, 1.807) is 23.5 Å². The summed E-state index contributed by atoms with van der Waals surface area (Å²) in [7, 11) is 0. The Bertz CT molecular complexity index is 1400. The number of rotatable bonds is 4. The molecule has 0 radical (unpaired) electrons. The van der Waals surface area contributed by atoms with Crippen molar-refractivity contribution in [3.8, 4) is 17.0 Å². The largest absolute Gasteiger partial charge is 0.482 e. The van der Waals surface area contributed by atoms with Crippen molar-refractivity contribution >= 4 is 28.6 Å². The first-order valence-electron chi connectivity index (χ1n) is 10.6. The number of carbonyl (C=O) groups excluding carboxylic acids is 1. The summed E-state index contributed by atoms with van der Waals surface area (Å²) in [6, 6.07) is 18.4. The molecule has 0 aliphatic carbocycles. The van der Waals surface area contributed by atoms with Gasteiger partial charge >= 0.3 is 0 Å². The van der Waals surface area contributed by atoms with Crippen molar-refractivity contribution in [1.29, 1.82) is 0 Å². The summed E-state index contributed by atoms with van der Waals surface area (Å²) < 4.78 is 21.1. The predicted octanol–water partition coefficient (Wildman–Crippen LogP) is 5.58. The molecule has 0 spiro atoms. The smallest absolute Gasteiger partial charge is 0.262 e. The highest BCUT2D eigenvalue weighted by Gasteiger charge is 2.18. The summed E-state index contributed by atoms with van der Waals surface area (Å²) in [6.07, 6.45) is 0. The molecule has 0 bridgehead atoms. The molecule has 5 rings (SSSR count). The summed E-state index contributed by atoms with van der Waals surface area (Å²) in [4.78, 5) is 17.6. The number of benzene rings is 3. The Balaban J connectivity index is 1.66. The monoisotopic (exact) mass is 459 g/mol. The van der Waals surface area contributed by atoms with E-state index in [4.69, 9.17) is 9.73 Å². The van der Waals surface area contributed by atoms with Crippen molar-refractivity contribution in [1.82, 2.24) is 4.57 Å². The van der Waals surface area contributed by atoms with Crippen molar-refractivity contribution in [3.05, 3.63) is 93.4 Å². The van der Waals surface area contributed by atoms with Gasteiger partial charge in [0.1, 0.15) is 11.6 Å². The van der Waals surface area contributed by atoms with Gasteiger partial charge in [-0.15, -0.1) is 11.3 Å². The summed E-state index contributed by atoms with van der Waals surface area (Å²) in [5.74, 6) is 0.217. The van der Waals surface area contributed by atoms with Gasteiger partial charge in [-0.3, -0.25) is 4.79 Å². The van der Waals surface area contributed by atoms with E-state index >= 15 is 0 Å². The van der Waals surface area contributed by atoms with Crippen LogP contribution in [-0.2, 0) is 11.3 Å². The molecule has 5 nitrogen and oxygen atoms in total. The Hall–Kier alpha value is -3.71. The third kappa shape index (κ3) is 4.32. The fourth-order valence-electron chi connectivity index (χ4n) is 3.89. The SMILES string of the molecule is Cc1cccc(C)c1N=c1scc(-c2ccc3c(c2)NC(=O)CO3)n1Cc1ccc(F)cc1. The maximum Gasteiger partial charge on any atom is 0.262 e. The minimum Gasteiger partial charge on any atom is -0.482 e. The van der Waals surface area contributed by atoms with E-state index in [0.717, 1.165) is 38.4 Å². The van der Waals surface area contributed by atoms with E-state index in [2.05, 4.69) is 41.2 Å². The Morgan fingerprint density at radius 3 is 2.61 bits per heavy atom. The molecule has 4 aromatic rings. The van der Waals surface area contributed by atoms with Crippen LogP contribution in [0.5, 0.6) is 5.75 Å². The van der Waals surface area contributed by atoms with Crippen LogP contribution in [-0.4, -0.2) is 17.1 Å². The van der Waals surface area contributed by atoms with E-state index in [1.165, 1.54) is 12.1 Å². The average molecular weight is 460 g/mol. The molecule has 0 saturated heterocycles. The Kier molecular flexibility index (Phi) is 5.56. The fraction of sp³-hybridized carbons (Fsp3) is 0.154. The van der Waals surface area contributed by atoms with Crippen LogP contribution in [0.2, 0.25) is 0 Å². The van der Waals surface area contributed by atoms with Crippen LogP contribution in [0.3, 0.4) is 0 Å². The van der Waals surface area contributed by atoms with Gasteiger partial charge in [0.25, 0.3) is 5.91 Å². The number of ether oxygens (including phenoxy) is 1. The van der Waals surface area contributed by atoms with Gasteiger partial charge in [-0.1, -0.05) is 30.3 Å². The van der Waals surface area contributed by atoms with E-state index in [0.29, 0.717) is 18.0 Å². The lowest BCUT2D eigenvalue weighted by atomic mass is 10.1. The number of para-hydroxylation sites is 1.